The molecule has 0 aliphatic carbocycles. The largest absolute Gasteiger partial charge is 0.495 e. The van der Waals surface area contributed by atoms with E-state index in [0.717, 1.165) is 5.56 Å². The molecule has 1 fully saturated rings. The Morgan fingerprint density at radius 3 is 2.48 bits per heavy atom. The van der Waals surface area contributed by atoms with Crippen LogP contribution in [0.1, 0.15) is 11.1 Å². The normalized spacial score (nSPS) is 17.4. The van der Waals surface area contributed by atoms with Gasteiger partial charge >= 0.3 is 0 Å². The molecule has 0 spiro atoms. The minimum absolute atomic E-state index is 0.514. The van der Waals surface area contributed by atoms with Crippen molar-refractivity contribution in [1.82, 2.24) is 9.21 Å². The fourth-order valence-electron chi connectivity index (χ4n) is 2.42. The van der Waals surface area contributed by atoms with Crippen LogP contribution in [0, 0.1) is 11.3 Å². The highest BCUT2D eigenvalue weighted by Crippen LogP contribution is 2.20. The maximum Gasteiger partial charge on any atom is 0.211 e. The number of hydrogen-bond acceptors (Lipinski definition) is 5. The van der Waals surface area contributed by atoms with Crippen molar-refractivity contribution in [3.8, 4) is 11.8 Å². The van der Waals surface area contributed by atoms with Gasteiger partial charge in [0.2, 0.25) is 10.0 Å². The van der Waals surface area contributed by atoms with Crippen LogP contribution in [0.2, 0.25) is 0 Å². The monoisotopic (exact) mass is 309 g/mol. The van der Waals surface area contributed by atoms with Crippen LogP contribution in [0.25, 0.3) is 0 Å². The van der Waals surface area contributed by atoms with Crippen LogP contribution in [0.3, 0.4) is 0 Å². The second-order valence-corrected chi connectivity index (χ2v) is 7.07. The van der Waals surface area contributed by atoms with Crippen molar-refractivity contribution in [3.05, 3.63) is 29.3 Å². The van der Waals surface area contributed by atoms with E-state index in [1.807, 2.05) is 12.1 Å². The fourth-order valence-corrected chi connectivity index (χ4v) is 3.24. The van der Waals surface area contributed by atoms with Gasteiger partial charge in [-0.1, -0.05) is 6.07 Å². The van der Waals surface area contributed by atoms with Crippen LogP contribution in [-0.2, 0) is 16.6 Å². The van der Waals surface area contributed by atoms with Crippen molar-refractivity contribution < 1.29 is 13.2 Å². The molecular formula is C14H19N3O3S. The van der Waals surface area contributed by atoms with Gasteiger partial charge in [-0.15, -0.1) is 0 Å². The van der Waals surface area contributed by atoms with E-state index in [2.05, 4.69) is 11.0 Å². The molecule has 21 heavy (non-hydrogen) atoms. The zero-order chi connectivity index (χ0) is 15.5. The van der Waals surface area contributed by atoms with Gasteiger partial charge in [-0.2, -0.15) is 9.57 Å². The highest BCUT2D eigenvalue weighted by Gasteiger charge is 2.23. The summed E-state index contributed by atoms with van der Waals surface area (Å²) in [5.41, 5.74) is 1.55. The van der Waals surface area contributed by atoms with Crippen molar-refractivity contribution in [2.45, 2.75) is 6.54 Å². The Kier molecular flexibility index (Phi) is 4.83. The molecule has 1 aliphatic rings. The van der Waals surface area contributed by atoms with Gasteiger partial charge in [-0.3, -0.25) is 4.90 Å². The Bertz CT molecular complexity index is 644. The summed E-state index contributed by atoms with van der Waals surface area (Å²) in [4.78, 5) is 2.19. The quantitative estimate of drug-likeness (QED) is 0.816. The second kappa shape index (κ2) is 6.43. The molecule has 0 amide bonds. The van der Waals surface area contributed by atoms with Crippen molar-refractivity contribution in [3.63, 3.8) is 0 Å². The first-order valence-electron chi connectivity index (χ1n) is 6.68. The Morgan fingerprint density at radius 1 is 1.29 bits per heavy atom. The number of piperazine rings is 1. The van der Waals surface area contributed by atoms with Gasteiger partial charge in [0, 0.05) is 32.7 Å². The highest BCUT2D eigenvalue weighted by atomic mass is 32.2. The molecule has 1 aromatic carbocycles. The Balaban J connectivity index is 2.00. The van der Waals surface area contributed by atoms with E-state index in [-0.39, 0.29) is 0 Å². The van der Waals surface area contributed by atoms with E-state index < -0.39 is 10.0 Å². The number of nitriles is 1. The first-order chi connectivity index (χ1) is 9.94. The minimum Gasteiger partial charge on any atom is -0.495 e. The SMILES string of the molecule is COc1ccc(CN2CCN(S(C)(=O)=O)CC2)cc1C#N. The Morgan fingerprint density at radius 2 is 1.95 bits per heavy atom. The van der Waals surface area contributed by atoms with E-state index in [9.17, 15) is 8.42 Å². The predicted molar refractivity (Wildman–Crippen MR) is 79.4 cm³/mol. The maximum absolute atomic E-state index is 11.5. The number of benzene rings is 1. The smallest absolute Gasteiger partial charge is 0.211 e. The predicted octanol–water partition coefficient (Wildman–Crippen LogP) is 0.644. The lowest BCUT2D eigenvalue weighted by atomic mass is 10.1. The van der Waals surface area contributed by atoms with E-state index in [1.54, 1.807) is 13.2 Å². The standard InChI is InChI=1S/C14H19N3O3S/c1-20-14-4-3-12(9-13(14)10-15)11-16-5-7-17(8-6-16)21(2,18)19/h3-4,9H,5-8,11H2,1-2H3. The summed E-state index contributed by atoms with van der Waals surface area (Å²) in [5, 5.41) is 9.09. The van der Waals surface area contributed by atoms with Crippen LogP contribution in [0.15, 0.2) is 18.2 Å². The number of sulfonamides is 1. The summed E-state index contributed by atoms with van der Waals surface area (Å²) < 4.78 is 29.5. The number of hydrogen-bond donors (Lipinski definition) is 0. The molecule has 0 N–H and O–H groups in total. The number of methoxy groups -OCH3 is 1. The number of nitrogens with zero attached hydrogens (tertiary/aromatic N) is 3. The van der Waals surface area contributed by atoms with Gasteiger partial charge in [-0.25, -0.2) is 8.42 Å². The molecule has 7 heteroatoms. The van der Waals surface area contributed by atoms with Gasteiger partial charge in [-0.05, 0) is 17.7 Å². The van der Waals surface area contributed by atoms with Crippen LogP contribution in [-0.4, -0.2) is 57.2 Å². The topological polar surface area (TPSA) is 73.6 Å². The molecule has 2 rings (SSSR count). The van der Waals surface area contributed by atoms with Gasteiger partial charge in [0.15, 0.2) is 0 Å². The number of rotatable bonds is 4. The second-order valence-electron chi connectivity index (χ2n) is 5.08. The molecule has 1 heterocycles. The van der Waals surface area contributed by atoms with Crippen molar-refractivity contribution in [1.29, 1.82) is 5.26 Å². The lowest BCUT2D eigenvalue weighted by Gasteiger charge is -2.33. The summed E-state index contributed by atoms with van der Waals surface area (Å²) in [7, 11) is -1.55. The molecule has 0 bridgehead atoms. The van der Waals surface area contributed by atoms with E-state index in [0.29, 0.717) is 44.0 Å². The minimum atomic E-state index is -3.09. The van der Waals surface area contributed by atoms with Crippen LogP contribution < -0.4 is 4.74 Å². The molecule has 0 aromatic heterocycles. The first kappa shape index (κ1) is 15.8. The van der Waals surface area contributed by atoms with Crippen molar-refractivity contribution in [2.75, 3.05) is 39.5 Å². The summed E-state index contributed by atoms with van der Waals surface area (Å²) in [6.45, 7) is 3.12. The first-order valence-corrected chi connectivity index (χ1v) is 8.53. The summed E-state index contributed by atoms with van der Waals surface area (Å²) in [6, 6.07) is 7.67. The molecule has 1 aromatic rings. The van der Waals surface area contributed by atoms with Crippen molar-refractivity contribution >= 4 is 10.0 Å². The summed E-state index contributed by atoms with van der Waals surface area (Å²) in [6.07, 6.45) is 1.24. The zero-order valence-electron chi connectivity index (χ0n) is 12.2. The average Bonchev–Trinajstić information content (AvgIpc) is 2.46. The van der Waals surface area contributed by atoms with Crippen molar-refractivity contribution in [2.24, 2.45) is 0 Å². The van der Waals surface area contributed by atoms with Gasteiger partial charge in [0.25, 0.3) is 0 Å². The molecule has 1 saturated heterocycles. The molecule has 0 unspecified atom stereocenters. The summed E-state index contributed by atoms with van der Waals surface area (Å²) >= 11 is 0. The van der Waals surface area contributed by atoms with Crippen LogP contribution >= 0.6 is 0 Å². The van der Waals surface area contributed by atoms with Gasteiger partial charge in [0.05, 0.1) is 18.9 Å². The molecule has 1 aliphatic heterocycles. The third-order valence-corrected chi connectivity index (χ3v) is 4.89. The lowest BCUT2D eigenvalue weighted by molar-refractivity contribution is 0.182. The van der Waals surface area contributed by atoms with E-state index in [1.165, 1.54) is 10.6 Å². The fraction of sp³-hybridized carbons (Fsp3) is 0.500. The lowest BCUT2D eigenvalue weighted by Crippen LogP contribution is -2.47. The number of ether oxygens (including phenoxy) is 1. The molecule has 0 saturated carbocycles. The average molecular weight is 309 g/mol. The summed E-state index contributed by atoms with van der Waals surface area (Å²) in [5.74, 6) is 0.572. The van der Waals surface area contributed by atoms with Gasteiger partial charge in [0.1, 0.15) is 11.8 Å². The van der Waals surface area contributed by atoms with E-state index in [4.69, 9.17) is 10.00 Å². The van der Waals surface area contributed by atoms with Crippen LogP contribution in [0.5, 0.6) is 5.75 Å². The third-order valence-electron chi connectivity index (χ3n) is 3.59. The Hall–Kier alpha value is -1.62. The van der Waals surface area contributed by atoms with Crippen LogP contribution in [0.4, 0.5) is 0 Å². The van der Waals surface area contributed by atoms with E-state index >= 15 is 0 Å². The highest BCUT2D eigenvalue weighted by molar-refractivity contribution is 7.88. The maximum atomic E-state index is 11.5. The zero-order valence-corrected chi connectivity index (χ0v) is 13.1. The van der Waals surface area contributed by atoms with Gasteiger partial charge < -0.3 is 4.74 Å². The molecule has 0 atom stereocenters. The molecule has 114 valence electrons. The molecule has 0 radical (unpaired) electrons. The molecular weight excluding hydrogens is 290 g/mol. The molecule has 6 nitrogen and oxygen atoms in total. The third kappa shape index (κ3) is 3.94. The Labute approximate surface area is 125 Å².